The Kier molecular flexibility index (Phi) is 4.14. The standard InChI is InChI=1S/C16H18N2O3/c1-16(15(17)21,12-7-13(19)9-14(20)8-12)18-10-11-5-3-2-4-6-11/h2-9,18-20H,10H2,1H3,(H2,17,21). The topological polar surface area (TPSA) is 95.6 Å². The van der Waals surface area contributed by atoms with Gasteiger partial charge in [0.1, 0.15) is 17.0 Å². The summed E-state index contributed by atoms with van der Waals surface area (Å²) in [6.45, 7) is 2.04. The predicted molar refractivity (Wildman–Crippen MR) is 79.6 cm³/mol. The minimum atomic E-state index is -1.20. The summed E-state index contributed by atoms with van der Waals surface area (Å²) in [6, 6.07) is 13.6. The van der Waals surface area contributed by atoms with Crippen molar-refractivity contribution >= 4 is 5.91 Å². The number of phenols is 2. The van der Waals surface area contributed by atoms with Gasteiger partial charge in [0.2, 0.25) is 5.91 Å². The van der Waals surface area contributed by atoms with E-state index in [2.05, 4.69) is 5.32 Å². The van der Waals surface area contributed by atoms with Crippen LogP contribution in [0, 0.1) is 0 Å². The van der Waals surface area contributed by atoms with Crippen molar-refractivity contribution in [3.05, 3.63) is 59.7 Å². The highest BCUT2D eigenvalue weighted by Gasteiger charge is 2.33. The second-order valence-corrected chi connectivity index (χ2v) is 5.07. The van der Waals surface area contributed by atoms with Crippen molar-refractivity contribution in [3.63, 3.8) is 0 Å². The van der Waals surface area contributed by atoms with Crippen LogP contribution in [0.2, 0.25) is 0 Å². The molecule has 0 bridgehead atoms. The van der Waals surface area contributed by atoms with E-state index in [9.17, 15) is 15.0 Å². The Bertz CT molecular complexity index is 623. The van der Waals surface area contributed by atoms with Gasteiger partial charge in [0, 0.05) is 12.6 Å². The normalized spacial score (nSPS) is 13.6. The van der Waals surface area contributed by atoms with Crippen LogP contribution in [0.25, 0.3) is 0 Å². The maximum atomic E-state index is 11.9. The number of amides is 1. The lowest BCUT2D eigenvalue weighted by Gasteiger charge is -2.28. The molecule has 1 amide bonds. The minimum absolute atomic E-state index is 0.126. The van der Waals surface area contributed by atoms with E-state index >= 15 is 0 Å². The number of aromatic hydroxyl groups is 2. The first kappa shape index (κ1) is 14.9. The van der Waals surface area contributed by atoms with Gasteiger partial charge in [0.05, 0.1) is 0 Å². The second-order valence-electron chi connectivity index (χ2n) is 5.07. The number of rotatable bonds is 5. The van der Waals surface area contributed by atoms with Gasteiger partial charge < -0.3 is 15.9 Å². The molecule has 0 aromatic heterocycles. The summed E-state index contributed by atoms with van der Waals surface area (Å²) >= 11 is 0. The summed E-state index contributed by atoms with van der Waals surface area (Å²) in [5.41, 5.74) is 5.70. The number of carbonyl (C=O) groups is 1. The van der Waals surface area contributed by atoms with Gasteiger partial charge in [0.25, 0.3) is 0 Å². The van der Waals surface area contributed by atoms with Crippen LogP contribution < -0.4 is 11.1 Å². The fourth-order valence-corrected chi connectivity index (χ4v) is 2.09. The molecule has 0 fully saturated rings. The summed E-state index contributed by atoms with van der Waals surface area (Å²) < 4.78 is 0. The molecule has 0 aliphatic rings. The monoisotopic (exact) mass is 286 g/mol. The van der Waals surface area contributed by atoms with Crippen LogP contribution in [-0.2, 0) is 16.9 Å². The van der Waals surface area contributed by atoms with Crippen LogP contribution in [0.3, 0.4) is 0 Å². The highest BCUT2D eigenvalue weighted by atomic mass is 16.3. The van der Waals surface area contributed by atoms with Crippen LogP contribution in [-0.4, -0.2) is 16.1 Å². The number of nitrogens with two attached hydrogens (primary N) is 1. The van der Waals surface area contributed by atoms with Crippen LogP contribution in [0.1, 0.15) is 18.1 Å². The predicted octanol–water partition coefficient (Wildman–Crippen LogP) is 1.59. The van der Waals surface area contributed by atoms with E-state index in [1.54, 1.807) is 6.92 Å². The summed E-state index contributed by atoms with van der Waals surface area (Å²) in [5.74, 6) is -0.846. The molecular formula is C16H18N2O3. The Labute approximate surface area is 123 Å². The third-order valence-electron chi connectivity index (χ3n) is 3.46. The van der Waals surface area contributed by atoms with Gasteiger partial charge >= 0.3 is 0 Å². The molecule has 5 nitrogen and oxygen atoms in total. The molecule has 0 radical (unpaired) electrons. The molecule has 0 aliphatic heterocycles. The van der Waals surface area contributed by atoms with Crippen molar-refractivity contribution in [2.24, 2.45) is 5.73 Å². The Morgan fingerprint density at radius 2 is 1.71 bits per heavy atom. The van der Waals surface area contributed by atoms with E-state index in [4.69, 9.17) is 5.73 Å². The molecule has 21 heavy (non-hydrogen) atoms. The third-order valence-corrected chi connectivity index (χ3v) is 3.46. The average molecular weight is 286 g/mol. The molecule has 0 aliphatic carbocycles. The summed E-state index contributed by atoms with van der Waals surface area (Å²) in [7, 11) is 0. The Balaban J connectivity index is 2.30. The van der Waals surface area contributed by atoms with Crippen molar-refractivity contribution in [3.8, 4) is 11.5 Å². The second kappa shape index (κ2) is 5.85. The van der Waals surface area contributed by atoms with Crippen molar-refractivity contribution in [2.75, 3.05) is 0 Å². The molecule has 2 aromatic rings. The van der Waals surface area contributed by atoms with E-state index in [1.807, 2.05) is 30.3 Å². The number of phenolic OH excluding ortho intramolecular Hbond substituents is 2. The molecule has 2 aromatic carbocycles. The van der Waals surface area contributed by atoms with Crippen LogP contribution in [0.15, 0.2) is 48.5 Å². The van der Waals surface area contributed by atoms with Crippen molar-refractivity contribution in [2.45, 2.75) is 19.0 Å². The fourth-order valence-electron chi connectivity index (χ4n) is 2.09. The van der Waals surface area contributed by atoms with Gasteiger partial charge in [-0.2, -0.15) is 0 Å². The van der Waals surface area contributed by atoms with Crippen molar-refractivity contribution in [1.29, 1.82) is 0 Å². The van der Waals surface area contributed by atoms with Gasteiger partial charge in [-0.25, -0.2) is 0 Å². The highest BCUT2D eigenvalue weighted by Crippen LogP contribution is 2.29. The third kappa shape index (κ3) is 3.32. The number of benzene rings is 2. The maximum absolute atomic E-state index is 11.9. The molecule has 0 heterocycles. The molecule has 1 unspecified atom stereocenters. The van der Waals surface area contributed by atoms with E-state index in [0.29, 0.717) is 12.1 Å². The molecule has 0 saturated carbocycles. The van der Waals surface area contributed by atoms with Crippen LogP contribution in [0.4, 0.5) is 0 Å². The smallest absolute Gasteiger partial charge is 0.242 e. The van der Waals surface area contributed by atoms with E-state index in [-0.39, 0.29) is 11.5 Å². The van der Waals surface area contributed by atoms with Crippen LogP contribution in [0.5, 0.6) is 11.5 Å². The van der Waals surface area contributed by atoms with Gasteiger partial charge in [0.15, 0.2) is 0 Å². The summed E-state index contributed by atoms with van der Waals surface area (Å²) in [5, 5.41) is 22.3. The first-order chi connectivity index (χ1) is 9.91. The van der Waals surface area contributed by atoms with E-state index in [1.165, 1.54) is 18.2 Å². The molecule has 0 saturated heterocycles. The molecule has 110 valence electrons. The number of hydrogen-bond donors (Lipinski definition) is 4. The minimum Gasteiger partial charge on any atom is -0.508 e. The number of primary amides is 1. The lowest BCUT2D eigenvalue weighted by Crippen LogP contribution is -2.50. The van der Waals surface area contributed by atoms with E-state index in [0.717, 1.165) is 5.56 Å². The maximum Gasteiger partial charge on any atom is 0.242 e. The first-order valence-corrected chi connectivity index (χ1v) is 6.54. The average Bonchev–Trinajstić information content (AvgIpc) is 2.44. The number of nitrogens with one attached hydrogen (secondary N) is 1. The largest absolute Gasteiger partial charge is 0.508 e. The number of carbonyl (C=O) groups excluding carboxylic acids is 1. The molecule has 0 spiro atoms. The zero-order chi connectivity index (χ0) is 15.5. The van der Waals surface area contributed by atoms with Gasteiger partial charge in [-0.3, -0.25) is 10.1 Å². The SMILES string of the molecule is CC(NCc1ccccc1)(C(N)=O)c1cc(O)cc(O)c1. The zero-order valence-electron chi connectivity index (χ0n) is 11.7. The molecule has 2 rings (SSSR count). The summed E-state index contributed by atoms with van der Waals surface area (Å²) in [6.07, 6.45) is 0. The highest BCUT2D eigenvalue weighted by molar-refractivity contribution is 5.86. The Morgan fingerprint density at radius 1 is 1.14 bits per heavy atom. The van der Waals surface area contributed by atoms with Gasteiger partial charge in [-0.05, 0) is 30.2 Å². The lowest BCUT2D eigenvalue weighted by molar-refractivity contribution is -0.124. The molecule has 5 heteroatoms. The Hall–Kier alpha value is -2.53. The fraction of sp³-hybridized carbons (Fsp3) is 0.188. The molecular weight excluding hydrogens is 268 g/mol. The Morgan fingerprint density at radius 3 is 2.24 bits per heavy atom. The van der Waals surface area contributed by atoms with Gasteiger partial charge in [-0.1, -0.05) is 30.3 Å². The summed E-state index contributed by atoms with van der Waals surface area (Å²) in [4.78, 5) is 11.9. The first-order valence-electron chi connectivity index (χ1n) is 6.54. The number of hydrogen-bond acceptors (Lipinski definition) is 4. The van der Waals surface area contributed by atoms with Gasteiger partial charge in [-0.15, -0.1) is 0 Å². The van der Waals surface area contributed by atoms with E-state index < -0.39 is 11.4 Å². The quantitative estimate of drug-likeness (QED) is 0.671. The lowest BCUT2D eigenvalue weighted by atomic mass is 9.90. The molecule has 5 N–H and O–H groups in total. The molecule has 1 atom stereocenters. The van der Waals surface area contributed by atoms with Crippen molar-refractivity contribution < 1.29 is 15.0 Å². The van der Waals surface area contributed by atoms with Crippen LogP contribution >= 0.6 is 0 Å². The van der Waals surface area contributed by atoms with Crippen molar-refractivity contribution in [1.82, 2.24) is 5.32 Å². The zero-order valence-corrected chi connectivity index (χ0v) is 11.7.